The number of hydrogen-bond donors (Lipinski definition) is 1. The summed E-state index contributed by atoms with van der Waals surface area (Å²) in [6, 6.07) is 3.63. The minimum absolute atomic E-state index is 0.0749. The van der Waals surface area contributed by atoms with E-state index in [-0.39, 0.29) is 11.5 Å². The van der Waals surface area contributed by atoms with Crippen LogP contribution < -0.4 is 5.32 Å². The topological polar surface area (TPSA) is 54.7 Å². The van der Waals surface area contributed by atoms with Crippen LogP contribution in [-0.2, 0) is 11.3 Å². The van der Waals surface area contributed by atoms with Crippen LogP contribution in [0.4, 0.5) is 4.79 Å². The number of rotatable bonds is 5. The first-order valence-corrected chi connectivity index (χ1v) is 9.04. The molecule has 24 heavy (non-hydrogen) atoms. The molecular weight excluding hydrogens is 328 g/mol. The predicted molar refractivity (Wildman–Crippen MR) is 95.2 cm³/mol. The SMILES string of the molecule is CCC1(CNCc2ccc(Cl)o2)CCCN(C(=O)OC(C)(C)C)C1. The smallest absolute Gasteiger partial charge is 0.410 e. The number of ether oxygens (including phenoxy) is 1. The summed E-state index contributed by atoms with van der Waals surface area (Å²) in [7, 11) is 0. The van der Waals surface area contributed by atoms with E-state index in [4.69, 9.17) is 20.8 Å². The first-order valence-electron chi connectivity index (χ1n) is 8.66. The normalized spacial score (nSPS) is 21.8. The Morgan fingerprint density at radius 2 is 2.21 bits per heavy atom. The summed E-state index contributed by atoms with van der Waals surface area (Å²) in [5, 5.41) is 3.86. The van der Waals surface area contributed by atoms with Crippen molar-refractivity contribution in [2.45, 2.75) is 59.1 Å². The van der Waals surface area contributed by atoms with Gasteiger partial charge in [-0.2, -0.15) is 0 Å². The van der Waals surface area contributed by atoms with E-state index in [0.717, 1.165) is 44.7 Å². The average molecular weight is 357 g/mol. The Morgan fingerprint density at radius 1 is 1.46 bits per heavy atom. The summed E-state index contributed by atoms with van der Waals surface area (Å²) in [5.41, 5.74) is -0.383. The molecule has 1 unspecified atom stereocenters. The van der Waals surface area contributed by atoms with Crippen LogP contribution in [0.15, 0.2) is 16.5 Å². The van der Waals surface area contributed by atoms with E-state index in [1.165, 1.54) is 0 Å². The van der Waals surface area contributed by atoms with E-state index in [1.807, 2.05) is 31.7 Å². The Labute approximate surface area is 149 Å². The molecule has 1 fully saturated rings. The Bertz CT molecular complexity index is 553. The number of furan rings is 1. The standard InChI is InChI=1S/C18H29ClN2O3/c1-5-18(12-20-11-14-7-8-15(19)23-14)9-6-10-21(13-18)16(22)24-17(2,3)4/h7-8,20H,5-6,9-13H2,1-4H3. The van der Waals surface area contributed by atoms with Gasteiger partial charge in [0.25, 0.3) is 0 Å². The van der Waals surface area contributed by atoms with Gasteiger partial charge in [0.05, 0.1) is 6.54 Å². The number of carbonyl (C=O) groups is 1. The molecule has 2 heterocycles. The van der Waals surface area contributed by atoms with Crippen LogP contribution in [0.25, 0.3) is 0 Å². The molecule has 1 atom stereocenters. The average Bonchev–Trinajstić information content (AvgIpc) is 2.91. The zero-order valence-corrected chi connectivity index (χ0v) is 15.9. The number of likely N-dealkylation sites (tertiary alicyclic amines) is 1. The highest BCUT2D eigenvalue weighted by molar-refractivity contribution is 6.28. The fourth-order valence-corrected chi connectivity index (χ4v) is 3.31. The third kappa shape index (κ3) is 5.42. The molecule has 2 rings (SSSR count). The van der Waals surface area contributed by atoms with Crippen molar-refractivity contribution in [3.8, 4) is 0 Å². The number of nitrogens with one attached hydrogen (secondary N) is 1. The third-order valence-corrected chi connectivity index (χ3v) is 4.69. The summed E-state index contributed by atoms with van der Waals surface area (Å²) < 4.78 is 10.9. The van der Waals surface area contributed by atoms with Gasteiger partial charge in [0.2, 0.25) is 0 Å². The molecule has 1 aliphatic heterocycles. The second kappa shape index (κ2) is 7.79. The molecule has 1 saturated heterocycles. The van der Waals surface area contributed by atoms with Crippen molar-refractivity contribution in [3.05, 3.63) is 23.1 Å². The van der Waals surface area contributed by atoms with E-state index in [9.17, 15) is 4.79 Å². The zero-order valence-electron chi connectivity index (χ0n) is 15.2. The van der Waals surface area contributed by atoms with Crippen molar-refractivity contribution in [1.29, 1.82) is 0 Å². The summed E-state index contributed by atoms with van der Waals surface area (Å²) in [5.74, 6) is 0.825. The van der Waals surface area contributed by atoms with Crippen LogP contribution in [0.1, 0.15) is 52.7 Å². The Hall–Kier alpha value is -1.20. The van der Waals surface area contributed by atoms with Crippen LogP contribution in [0.5, 0.6) is 0 Å². The molecule has 0 spiro atoms. The first-order chi connectivity index (χ1) is 11.2. The van der Waals surface area contributed by atoms with Crippen LogP contribution in [0.3, 0.4) is 0 Å². The summed E-state index contributed by atoms with van der Waals surface area (Å²) >= 11 is 5.80. The largest absolute Gasteiger partial charge is 0.448 e. The molecule has 1 aromatic heterocycles. The summed E-state index contributed by atoms with van der Waals surface area (Å²) in [4.78, 5) is 14.2. The predicted octanol–water partition coefficient (Wildman–Crippen LogP) is 4.45. The van der Waals surface area contributed by atoms with Crippen LogP contribution in [0, 0.1) is 5.41 Å². The van der Waals surface area contributed by atoms with Gasteiger partial charge >= 0.3 is 6.09 Å². The summed E-state index contributed by atoms with van der Waals surface area (Å²) in [6.07, 6.45) is 2.91. The second-order valence-corrected chi connectivity index (χ2v) is 8.04. The number of carbonyl (C=O) groups excluding carboxylic acids is 1. The maximum atomic E-state index is 12.4. The number of amides is 1. The van der Waals surface area contributed by atoms with Gasteiger partial charge in [-0.1, -0.05) is 6.92 Å². The van der Waals surface area contributed by atoms with Crippen molar-refractivity contribution in [3.63, 3.8) is 0 Å². The highest BCUT2D eigenvalue weighted by atomic mass is 35.5. The molecule has 0 radical (unpaired) electrons. The minimum atomic E-state index is -0.458. The Morgan fingerprint density at radius 3 is 2.79 bits per heavy atom. The van der Waals surface area contributed by atoms with Gasteiger partial charge < -0.3 is 19.4 Å². The lowest BCUT2D eigenvalue weighted by atomic mass is 9.77. The van der Waals surface area contributed by atoms with Crippen LogP contribution >= 0.6 is 11.6 Å². The van der Waals surface area contributed by atoms with E-state index >= 15 is 0 Å². The molecule has 1 N–H and O–H groups in total. The summed E-state index contributed by atoms with van der Waals surface area (Å²) in [6.45, 7) is 10.9. The van der Waals surface area contributed by atoms with Crippen LogP contribution in [0.2, 0.25) is 5.22 Å². The van der Waals surface area contributed by atoms with Gasteiger partial charge in [0.15, 0.2) is 5.22 Å². The third-order valence-electron chi connectivity index (χ3n) is 4.49. The molecule has 1 amide bonds. The molecule has 136 valence electrons. The van der Waals surface area contributed by atoms with E-state index in [2.05, 4.69) is 12.2 Å². The van der Waals surface area contributed by atoms with E-state index in [0.29, 0.717) is 11.8 Å². The molecule has 0 aliphatic carbocycles. The van der Waals surface area contributed by atoms with Crippen molar-refractivity contribution < 1.29 is 13.9 Å². The Kier molecular flexibility index (Phi) is 6.21. The molecule has 6 heteroatoms. The second-order valence-electron chi connectivity index (χ2n) is 7.67. The maximum absolute atomic E-state index is 12.4. The lowest BCUT2D eigenvalue weighted by Crippen LogP contribution is -2.51. The highest BCUT2D eigenvalue weighted by Crippen LogP contribution is 2.33. The van der Waals surface area contributed by atoms with Crippen molar-refractivity contribution in [2.75, 3.05) is 19.6 Å². The lowest BCUT2D eigenvalue weighted by Gasteiger charge is -2.42. The van der Waals surface area contributed by atoms with E-state index < -0.39 is 5.60 Å². The monoisotopic (exact) mass is 356 g/mol. The van der Waals surface area contributed by atoms with Crippen molar-refractivity contribution >= 4 is 17.7 Å². The molecule has 0 aromatic carbocycles. The molecule has 1 aliphatic rings. The quantitative estimate of drug-likeness (QED) is 0.846. The molecular formula is C18H29ClN2O3. The van der Waals surface area contributed by atoms with E-state index in [1.54, 1.807) is 6.07 Å². The molecule has 5 nitrogen and oxygen atoms in total. The number of nitrogens with zero attached hydrogens (tertiary/aromatic N) is 1. The van der Waals surface area contributed by atoms with Crippen molar-refractivity contribution in [1.82, 2.24) is 10.2 Å². The number of halogens is 1. The maximum Gasteiger partial charge on any atom is 0.410 e. The highest BCUT2D eigenvalue weighted by Gasteiger charge is 2.37. The van der Waals surface area contributed by atoms with Gasteiger partial charge in [-0.05, 0) is 63.8 Å². The fourth-order valence-electron chi connectivity index (χ4n) is 3.15. The van der Waals surface area contributed by atoms with Crippen molar-refractivity contribution in [2.24, 2.45) is 5.41 Å². The Balaban J connectivity index is 1.91. The first kappa shape index (κ1) is 19.1. The number of piperidine rings is 1. The fraction of sp³-hybridized carbons (Fsp3) is 0.722. The molecule has 1 aromatic rings. The zero-order chi connectivity index (χ0) is 17.8. The number of hydrogen-bond acceptors (Lipinski definition) is 4. The van der Waals surface area contributed by atoms with Crippen LogP contribution in [-0.4, -0.2) is 36.2 Å². The van der Waals surface area contributed by atoms with Gasteiger partial charge in [0.1, 0.15) is 11.4 Å². The molecule has 0 bridgehead atoms. The van der Waals surface area contributed by atoms with Gasteiger partial charge in [-0.15, -0.1) is 0 Å². The molecule has 0 saturated carbocycles. The van der Waals surface area contributed by atoms with Gasteiger partial charge in [-0.3, -0.25) is 0 Å². The van der Waals surface area contributed by atoms with Gasteiger partial charge in [0, 0.05) is 25.0 Å². The minimum Gasteiger partial charge on any atom is -0.448 e. The lowest BCUT2D eigenvalue weighted by molar-refractivity contribution is 0.00325. The van der Waals surface area contributed by atoms with Gasteiger partial charge in [-0.25, -0.2) is 4.79 Å².